The Bertz CT molecular complexity index is 312. The summed E-state index contributed by atoms with van der Waals surface area (Å²) in [5, 5.41) is 0.850. The summed E-state index contributed by atoms with van der Waals surface area (Å²) in [5.74, 6) is 0.664. The van der Waals surface area contributed by atoms with Crippen LogP contribution in [-0.4, -0.2) is 23.9 Å². The minimum absolute atomic E-state index is 0.664. The van der Waals surface area contributed by atoms with Gasteiger partial charge in [0.1, 0.15) is 0 Å². The molecule has 0 amide bonds. The van der Waals surface area contributed by atoms with Crippen LogP contribution in [0.25, 0.3) is 0 Å². The van der Waals surface area contributed by atoms with E-state index < -0.39 is 0 Å². The predicted octanol–water partition coefficient (Wildman–Crippen LogP) is 3.71. The van der Waals surface area contributed by atoms with E-state index in [1.165, 1.54) is 11.1 Å². The standard InChI is InChI=1S/C12H17Cl2N/c1-3-15(7-6-13)9-11-5-4-10(2)8-12(11)14/h4-5,8H,3,6-7,9H2,1-2H3. The molecule has 1 nitrogen and oxygen atoms in total. The minimum Gasteiger partial charge on any atom is -0.298 e. The van der Waals surface area contributed by atoms with Gasteiger partial charge in [-0.1, -0.05) is 30.7 Å². The number of nitrogens with zero attached hydrogens (tertiary/aromatic N) is 1. The van der Waals surface area contributed by atoms with Crippen LogP contribution in [0.4, 0.5) is 0 Å². The number of benzene rings is 1. The number of halogens is 2. The molecule has 0 atom stereocenters. The first-order valence-electron chi connectivity index (χ1n) is 5.20. The molecule has 1 rings (SSSR count). The Morgan fingerprint density at radius 3 is 2.60 bits per heavy atom. The van der Waals surface area contributed by atoms with Crippen molar-refractivity contribution >= 4 is 23.2 Å². The number of aryl methyl sites for hydroxylation is 1. The summed E-state index contributed by atoms with van der Waals surface area (Å²) in [6, 6.07) is 6.19. The van der Waals surface area contributed by atoms with E-state index in [2.05, 4.69) is 24.0 Å². The van der Waals surface area contributed by atoms with Gasteiger partial charge in [-0.15, -0.1) is 11.6 Å². The van der Waals surface area contributed by atoms with Crippen LogP contribution in [0, 0.1) is 6.92 Å². The summed E-state index contributed by atoms with van der Waals surface area (Å²) in [6.07, 6.45) is 0. The molecule has 0 fully saturated rings. The Labute approximate surface area is 102 Å². The van der Waals surface area contributed by atoms with E-state index in [0.29, 0.717) is 5.88 Å². The maximum atomic E-state index is 6.17. The third kappa shape index (κ3) is 4.02. The van der Waals surface area contributed by atoms with Crippen LogP contribution in [0.5, 0.6) is 0 Å². The second-order valence-electron chi connectivity index (χ2n) is 3.65. The van der Waals surface area contributed by atoms with E-state index in [-0.39, 0.29) is 0 Å². The highest BCUT2D eigenvalue weighted by Crippen LogP contribution is 2.19. The molecule has 0 N–H and O–H groups in total. The summed E-state index contributed by atoms with van der Waals surface area (Å²) in [6.45, 7) is 6.96. The first-order chi connectivity index (χ1) is 7.17. The van der Waals surface area contributed by atoms with Gasteiger partial charge in [0.2, 0.25) is 0 Å². The fourth-order valence-electron chi connectivity index (χ4n) is 1.49. The Morgan fingerprint density at radius 2 is 2.07 bits per heavy atom. The van der Waals surface area contributed by atoms with E-state index in [0.717, 1.165) is 24.7 Å². The van der Waals surface area contributed by atoms with Crippen molar-refractivity contribution in [2.24, 2.45) is 0 Å². The van der Waals surface area contributed by atoms with Gasteiger partial charge in [-0.05, 0) is 30.7 Å². The summed E-state index contributed by atoms with van der Waals surface area (Å²) in [7, 11) is 0. The smallest absolute Gasteiger partial charge is 0.0453 e. The van der Waals surface area contributed by atoms with Crippen LogP contribution in [0.15, 0.2) is 18.2 Å². The average Bonchev–Trinajstić information content (AvgIpc) is 2.21. The molecule has 15 heavy (non-hydrogen) atoms. The molecule has 1 aromatic rings. The van der Waals surface area contributed by atoms with Crippen molar-refractivity contribution in [3.8, 4) is 0 Å². The zero-order valence-corrected chi connectivity index (χ0v) is 10.8. The molecular weight excluding hydrogens is 229 g/mol. The molecule has 0 heterocycles. The number of rotatable bonds is 5. The fraction of sp³-hybridized carbons (Fsp3) is 0.500. The summed E-state index contributed by atoms with van der Waals surface area (Å²) in [4.78, 5) is 2.28. The monoisotopic (exact) mass is 245 g/mol. The van der Waals surface area contributed by atoms with Crippen molar-refractivity contribution in [3.63, 3.8) is 0 Å². The molecule has 3 heteroatoms. The topological polar surface area (TPSA) is 3.24 Å². The first-order valence-corrected chi connectivity index (χ1v) is 6.12. The molecule has 0 bridgehead atoms. The highest BCUT2D eigenvalue weighted by atomic mass is 35.5. The lowest BCUT2D eigenvalue weighted by molar-refractivity contribution is 0.297. The van der Waals surface area contributed by atoms with E-state index in [4.69, 9.17) is 23.2 Å². The fourth-order valence-corrected chi connectivity index (χ4v) is 2.02. The number of hydrogen-bond donors (Lipinski definition) is 0. The summed E-state index contributed by atoms with van der Waals surface area (Å²) >= 11 is 11.9. The largest absolute Gasteiger partial charge is 0.298 e. The van der Waals surface area contributed by atoms with E-state index in [9.17, 15) is 0 Å². The molecular formula is C12H17Cl2N. The normalized spacial score (nSPS) is 11.0. The predicted molar refractivity (Wildman–Crippen MR) is 67.9 cm³/mol. The Balaban J connectivity index is 2.70. The molecule has 0 spiro atoms. The molecule has 84 valence electrons. The van der Waals surface area contributed by atoms with Gasteiger partial charge in [0.25, 0.3) is 0 Å². The molecule has 0 saturated carbocycles. The molecule has 0 aliphatic carbocycles. The quantitative estimate of drug-likeness (QED) is 0.716. The van der Waals surface area contributed by atoms with Crippen LogP contribution in [0.3, 0.4) is 0 Å². The van der Waals surface area contributed by atoms with Crippen LogP contribution >= 0.6 is 23.2 Å². The van der Waals surface area contributed by atoms with Gasteiger partial charge in [0, 0.05) is 24.0 Å². The lowest BCUT2D eigenvalue weighted by Crippen LogP contribution is -2.25. The molecule has 0 unspecified atom stereocenters. The van der Waals surface area contributed by atoms with Gasteiger partial charge in [-0.3, -0.25) is 4.90 Å². The van der Waals surface area contributed by atoms with Crippen molar-refractivity contribution in [3.05, 3.63) is 34.3 Å². The van der Waals surface area contributed by atoms with Crippen LogP contribution in [0.1, 0.15) is 18.1 Å². The zero-order valence-electron chi connectivity index (χ0n) is 9.26. The maximum Gasteiger partial charge on any atom is 0.0453 e. The van der Waals surface area contributed by atoms with Gasteiger partial charge in [-0.2, -0.15) is 0 Å². The van der Waals surface area contributed by atoms with Crippen LogP contribution in [0.2, 0.25) is 5.02 Å². The SMILES string of the molecule is CCN(CCCl)Cc1ccc(C)cc1Cl. The highest BCUT2D eigenvalue weighted by Gasteiger charge is 2.06. The Hall–Kier alpha value is -0.240. The van der Waals surface area contributed by atoms with Gasteiger partial charge in [-0.25, -0.2) is 0 Å². The number of hydrogen-bond acceptors (Lipinski definition) is 1. The lowest BCUT2D eigenvalue weighted by atomic mass is 10.1. The van der Waals surface area contributed by atoms with Crippen molar-refractivity contribution in [2.45, 2.75) is 20.4 Å². The molecule has 0 aromatic heterocycles. The third-order valence-corrected chi connectivity index (χ3v) is 2.97. The summed E-state index contributed by atoms with van der Waals surface area (Å²) in [5.41, 5.74) is 2.37. The molecule has 1 aromatic carbocycles. The second-order valence-corrected chi connectivity index (χ2v) is 4.44. The van der Waals surface area contributed by atoms with E-state index >= 15 is 0 Å². The first kappa shape index (κ1) is 12.8. The maximum absolute atomic E-state index is 6.17. The molecule has 0 saturated heterocycles. The van der Waals surface area contributed by atoms with Gasteiger partial charge in [0.15, 0.2) is 0 Å². The number of alkyl halides is 1. The van der Waals surface area contributed by atoms with Gasteiger partial charge < -0.3 is 0 Å². The van der Waals surface area contributed by atoms with Crippen molar-refractivity contribution in [1.82, 2.24) is 4.90 Å². The molecule has 0 aliphatic heterocycles. The van der Waals surface area contributed by atoms with Crippen molar-refractivity contribution in [2.75, 3.05) is 19.0 Å². The Kier molecular flexibility index (Phi) is 5.44. The van der Waals surface area contributed by atoms with Crippen molar-refractivity contribution in [1.29, 1.82) is 0 Å². The van der Waals surface area contributed by atoms with Gasteiger partial charge in [0.05, 0.1) is 0 Å². The van der Waals surface area contributed by atoms with Gasteiger partial charge >= 0.3 is 0 Å². The van der Waals surface area contributed by atoms with Crippen LogP contribution < -0.4 is 0 Å². The Morgan fingerprint density at radius 1 is 1.33 bits per heavy atom. The second kappa shape index (κ2) is 6.37. The molecule has 0 radical (unpaired) electrons. The summed E-state index contributed by atoms with van der Waals surface area (Å²) < 4.78 is 0. The minimum atomic E-state index is 0.664. The van der Waals surface area contributed by atoms with Crippen molar-refractivity contribution < 1.29 is 0 Å². The average molecular weight is 246 g/mol. The molecule has 0 aliphatic rings. The zero-order chi connectivity index (χ0) is 11.3. The van der Waals surface area contributed by atoms with Crippen LogP contribution in [-0.2, 0) is 6.54 Å². The van der Waals surface area contributed by atoms with E-state index in [1.54, 1.807) is 0 Å². The lowest BCUT2D eigenvalue weighted by Gasteiger charge is -2.19. The highest BCUT2D eigenvalue weighted by molar-refractivity contribution is 6.31. The third-order valence-electron chi connectivity index (χ3n) is 2.45. The van der Waals surface area contributed by atoms with E-state index in [1.807, 2.05) is 13.0 Å².